The number of hydrogen-bond donors (Lipinski definition) is 1. The number of aliphatic hydroxyl groups is 1. The van der Waals surface area contributed by atoms with Crippen LogP contribution in [0.4, 0.5) is 0 Å². The van der Waals surface area contributed by atoms with Crippen molar-refractivity contribution in [3.8, 4) is 0 Å². The Labute approximate surface area is 151 Å². The van der Waals surface area contributed by atoms with Crippen LogP contribution in [0.3, 0.4) is 0 Å². The second kappa shape index (κ2) is 6.59. The Kier molecular flexibility index (Phi) is 4.43. The van der Waals surface area contributed by atoms with E-state index < -0.39 is 0 Å². The molecule has 1 N–H and O–H groups in total. The van der Waals surface area contributed by atoms with E-state index in [9.17, 15) is 5.11 Å². The number of piperidine rings is 1. The Morgan fingerprint density at radius 3 is 1.68 bits per heavy atom. The Balaban J connectivity index is 1.83. The molecule has 2 aromatic carbocycles. The highest BCUT2D eigenvalue weighted by atomic mass is 16.3. The van der Waals surface area contributed by atoms with E-state index in [2.05, 4.69) is 74.3 Å². The zero-order valence-electron chi connectivity index (χ0n) is 15.5. The van der Waals surface area contributed by atoms with Crippen molar-refractivity contribution in [2.45, 2.75) is 51.3 Å². The summed E-state index contributed by atoms with van der Waals surface area (Å²) in [5.74, 6) is 0.676. The molecule has 1 saturated heterocycles. The van der Waals surface area contributed by atoms with Crippen LogP contribution in [0.25, 0.3) is 0 Å². The van der Waals surface area contributed by atoms with E-state index in [1.54, 1.807) is 0 Å². The zero-order chi connectivity index (χ0) is 17.6. The van der Waals surface area contributed by atoms with Crippen LogP contribution in [0, 0.1) is 25.7 Å². The van der Waals surface area contributed by atoms with Gasteiger partial charge in [-0.25, -0.2) is 0 Å². The maximum absolute atomic E-state index is 11.2. The number of aryl methyl sites for hydroxylation is 2. The summed E-state index contributed by atoms with van der Waals surface area (Å²) in [6.45, 7) is 4.40. The summed E-state index contributed by atoms with van der Waals surface area (Å²) in [4.78, 5) is 2.56. The van der Waals surface area contributed by atoms with Gasteiger partial charge >= 0.3 is 0 Å². The molecule has 2 heteroatoms. The van der Waals surface area contributed by atoms with E-state index in [1.807, 2.05) is 0 Å². The van der Waals surface area contributed by atoms with Crippen LogP contribution < -0.4 is 0 Å². The molecule has 0 radical (unpaired) electrons. The van der Waals surface area contributed by atoms with Crippen molar-refractivity contribution in [3.05, 3.63) is 70.8 Å². The Morgan fingerprint density at radius 1 is 0.800 bits per heavy atom. The maximum Gasteiger partial charge on any atom is 0.0633 e. The molecule has 2 aromatic rings. The van der Waals surface area contributed by atoms with Crippen molar-refractivity contribution in [3.63, 3.8) is 0 Å². The van der Waals surface area contributed by atoms with Crippen molar-refractivity contribution in [2.75, 3.05) is 7.05 Å². The fourth-order valence-corrected chi connectivity index (χ4v) is 5.45. The van der Waals surface area contributed by atoms with Crippen molar-refractivity contribution >= 4 is 0 Å². The molecular weight excluding hydrogens is 306 g/mol. The van der Waals surface area contributed by atoms with E-state index in [0.29, 0.717) is 11.8 Å². The molecule has 25 heavy (non-hydrogen) atoms. The summed E-state index contributed by atoms with van der Waals surface area (Å²) in [6, 6.07) is 18.0. The van der Waals surface area contributed by atoms with Gasteiger partial charge in [0.1, 0.15) is 0 Å². The van der Waals surface area contributed by atoms with Gasteiger partial charge in [0.25, 0.3) is 0 Å². The van der Waals surface area contributed by atoms with E-state index in [-0.39, 0.29) is 18.2 Å². The van der Waals surface area contributed by atoms with E-state index >= 15 is 0 Å². The number of hydrogen-bond acceptors (Lipinski definition) is 2. The molecule has 1 unspecified atom stereocenters. The molecule has 2 fully saturated rings. The molecule has 1 saturated carbocycles. The predicted octanol–water partition coefficient (Wildman–Crippen LogP) is 4.81. The molecule has 2 aliphatic rings. The van der Waals surface area contributed by atoms with Crippen molar-refractivity contribution in [2.24, 2.45) is 11.8 Å². The quantitative estimate of drug-likeness (QED) is 0.851. The van der Waals surface area contributed by atoms with Crippen LogP contribution in [0.1, 0.15) is 53.6 Å². The second-order valence-electron chi connectivity index (χ2n) is 8.02. The second-order valence-corrected chi connectivity index (χ2v) is 8.02. The van der Waals surface area contributed by atoms with E-state index in [0.717, 1.165) is 12.8 Å². The standard InChI is InChI=1S/C23H29NO/c1-15-9-4-6-11-17(15)21-19-13-8-14-20(23(19)25)22(24(21)3)18-12-7-5-10-16(18)2/h4-7,9-12,19-23,25H,8,13-14H2,1-3H3/t19-,20+,21+,22-,23?. The SMILES string of the molecule is Cc1ccccc1[C@@H]1[C@@H]2CCC[C@@H](C2O)[C@H](c2ccccc2C)N1C. The third kappa shape index (κ3) is 2.72. The van der Waals surface area contributed by atoms with Crippen molar-refractivity contribution in [1.29, 1.82) is 0 Å². The molecule has 0 aromatic heterocycles. The minimum absolute atomic E-state index is 0.209. The van der Waals surface area contributed by atoms with Crippen LogP contribution in [0.2, 0.25) is 0 Å². The third-order valence-corrected chi connectivity index (χ3v) is 6.66. The molecule has 0 amide bonds. The summed E-state index contributed by atoms with van der Waals surface area (Å²) >= 11 is 0. The summed E-state index contributed by atoms with van der Waals surface area (Å²) in [5, 5.41) is 11.2. The first-order valence-corrected chi connectivity index (χ1v) is 9.60. The lowest BCUT2D eigenvalue weighted by Crippen LogP contribution is -2.53. The first-order valence-electron chi connectivity index (χ1n) is 9.60. The largest absolute Gasteiger partial charge is 0.392 e. The summed E-state index contributed by atoms with van der Waals surface area (Å²) < 4.78 is 0. The predicted molar refractivity (Wildman–Crippen MR) is 102 cm³/mol. The van der Waals surface area contributed by atoms with Gasteiger partial charge in [0.05, 0.1) is 6.10 Å². The Morgan fingerprint density at radius 2 is 1.24 bits per heavy atom. The maximum atomic E-state index is 11.2. The van der Waals surface area contributed by atoms with Gasteiger partial charge in [0, 0.05) is 23.9 Å². The molecule has 2 nitrogen and oxygen atoms in total. The highest BCUT2D eigenvalue weighted by Crippen LogP contribution is 2.53. The molecule has 132 valence electrons. The highest BCUT2D eigenvalue weighted by Gasteiger charge is 2.50. The van der Waals surface area contributed by atoms with Crippen LogP contribution in [-0.4, -0.2) is 23.2 Å². The van der Waals surface area contributed by atoms with E-state index in [4.69, 9.17) is 0 Å². The van der Waals surface area contributed by atoms with Gasteiger partial charge in [-0.3, -0.25) is 4.90 Å². The number of aliphatic hydroxyl groups excluding tert-OH is 1. The molecule has 0 spiro atoms. The van der Waals surface area contributed by atoms with Gasteiger partial charge in [0.2, 0.25) is 0 Å². The first-order chi connectivity index (χ1) is 12.1. The molecule has 5 atom stereocenters. The molecular formula is C23H29NO. The molecule has 1 heterocycles. The lowest BCUT2D eigenvalue weighted by Gasteiger charge is -2.55. The molecule has 1 aliphatic heterocycles. The Bertz CT molecular complexity index is 694. The third-order valence-electron chi connectivity index (χ3n) is 6.66. The van der Waals surface area contributed by atoms with Crippen LogP contribution in [0.15, 0.2) is 48.5 Å². The van der Waals surface area contributed by atoms with Crippen LogP contribution in [-0.2, 0) is 0 Å². The normalized spacial score (nSPS) is 32.6. The zero-order valence-corrected chi connectivity index (χ0v) is 15.5. The number of nitrogens with zero attached hydrogens (tertiary/aromatic N) is 1. The number of benzene rings is 2. The lowest BCUT2D eigenvalue weighted by molar-refractivity contribution is -0.112. The fourth-order valence-electron chi connectivity index (χ4n) is 5.45. The molecule has 1 aliphatic carbocycles. The van der Waals surface area contributed by atoms with Gasteiger partial charge in [-0.05, 0) is 56.0 Å². The van der Waals surface area contributed by atoms with Gasteiger partial charge in [-0.1, -0.05) is 55.0 Å². The van der Waals surface area contributed by atoms with Crippen molar-refractivity contribution in [1.82, 2.24) is 4.90 Å². The molecule has 4 rings (SSSR count). The average Bonchev–Trinajstić information content (AvgIpc) is 2.60. The topological polar surface area (TPSA) is 23.5 Å². The number of likely N-dealkylation sites (tertiary alicyclic amines) is 1. The number of rotatable bonds is 2. The summed E-state index contributed by atoms with van der Waals surface area (Å²) in [7, 11) is 2.27. The summed E-state index contributed by atoms with van der Waals surface area (Å²) in [5.41, 5.74) is 5.43. The van der Waals surface area contributed by atoms with Crippen LogP contribution in [0.5, 0.6) is 0 Å². The van der Waals surface area contributed by atoms with Gasteiger partial charge in [-0.15, -0.1) is 0 Å². The molecule has 2 bridgehead atoms. The first kappa shape index (κ1) is 16.8. The Hall–Kier alpha value is -1.64. The average molecular weight is 335 g/mol. The monoisotopic (exact) mass is 335 g/mol. The minimum Gasteiger partial charge on any atom is -0.392 e. The van der Waals surface area contributed by atoms with Gasteiger partial charge in [-0.2, -0.15) is 0 Å². The van der Waals surface area contributed by atoms with Gasteiger partial charge in [0.15, 0.2) is 0 Å². The smallest absolute Gasteiger partial charge is 0.0633 e. The van der Waals surface area contributed by atoms with Crippen molar-refractivity contribution < 1.29 is 5.11 Å². The minimum atomic E-state index is -0.209. The van der Waals surface area contributed by atoms with E-state index in [1.165, 1.54) is 28.7 Å². The summed E-state index contributed by atoms with van der Waals surface area (Å²) in [6.07, 6.45) is 3.27. The fraction of sp³-hybridized carbons (Fsp3) is 0.478. The van der Waals surface area contributed by atoms with Crippen LogP contribution >= 0.6 is 0 Å². The lowest BCUT2D eigenvalue weighted by atomic mass is 9.64. The number of fused-ring (bicyclic) bond motifs is 2. The highest BCUT2D eigenvalue weighted by molar-refractivity contribution is 5.35. The van der Waals surface area contributed by atoms with Gasteiger partial charge < -0.3 is 5.11 Å².